The van der Waals surface area contributed by atoms with Crippen molar-refractivity contribution in [2.24, 2.45) is 0 Å². The normalized spacial score (nSPS) is 33.5. The van der Waals surface area contributed by atoms with Crippen molar-refractivity contribution in [3.05, 3.63) is 12.3 Å². The maximum Gasteiger partial charge on any atom is 0.303 e. The molecule has 0 amide bonds. The molecule has 2 aliphatic heterocycles. The molecule has 0 bridgehead atoms. The number of ether oxygens (including phenoxy) is 4. The number of hydrogen-bond acceptors (Lipinski definition) is 8. The Morgan fingerprint density at radius 1 is 1.50 bits per heavy atom. The SMILES string of the molecule is CSc1nccc(O[C@H]2CO[C@]3(C)[C@@H](OC(C)=O)CO[C@H]23)n1. The number of carbonyl (C=O) groups excluding carboxylic acids is 1. The van der Waals surface area contributed by atoms with Crippen molar-refractivity contribution in [3.8, 4) is 5.88 Å². The maximum absolute atomic E-state index is 11.2. The molecule has 0 spiro atoms. The molecule has 2 saturated heterocycles. The van der Waals surface area contributed by atoms with E-state index in [2.05, 4.69) is 9.97 Å². The molecule has 4 atom stereocenters. The first kappa shape index (κ1) is 15.5. The highest BCUT2D eigenvalue weighted by molar-refractivity contribution is 7.98. The van der Waals surface area contributed by atoms with E-state index in [4.69, 9.17) is 18.9 Å². The first-order valence-corrected chi connectivity index (χ1v) is 8.22. The fourth-order valence-electron chi connectivity index (χ4n) is 2.80. The summed E-state index contributed by atoms with van der Waals surface area (Å²) in [5.74, 6) is 0.139. The van der Waals surface area contributed by atoms with Crippen molar-refractivity contribution in [1.82, 2.24) is 9.97 Å². The van der Waals surface area contributed by atoms with E-state index in [1.807, 2.05) is 13.2 Å². The second-order valence-corrected chi connectivity index (χ2v) is 6.16. The lowest BCUT2D eigenvalue weighted by Crippen LogP contribution is -2.46. The summed E-state index contributed by atoms with van der Waals surface area (Å²) < 4.78 is 22.8. The summed E-state index contributed by atoms with van der Waals surface area (Å²) in [7, 11) is 0. The van der Waals surface area contributed by atoms with E-state index in [1.54, 1.807) is 12.3 Å². The van der Waals surface area contributed by atoms with E-state index in [1.165, 1.54) is 18.7 Å². The van der Waals surface area contributed by atoms with Gasteiger partial charge in [0.25, 0.3) is 0 Å². The van der Waals surface area contributed by atoms with Gasteiger partial charge in [-0.1, -0.05) is 11.8 Å². The van der Waals surface area contributed by atoms with E-state index in [9.17, 15) is 4.79 Å². The average Bonchev–Trinajstić information content (AvgIpc) is 2.97. The molecule has 3 rings (SSSR count). The topological polar surface area (TPSA) is 79.8 Å². The molecule has 22 heavy (non-hydrogen) atoms. The molecule has 7 nitrogen and oxygen atoms in total. The lowest BCUT2D eigenvalue weighted by atomic mass is 9.94. The minimum Gasteiger partial charge on any atom is -0.469 e. The number of fused-ring (bicyclic) bond motifs is 1. The van der Waals surface area contributed by atoms with Gasteiger partial charge in [-0.25, -0.2) is 4.98 Å². The predicted molar refractivity (Wildman–Crippen MR) is 77.9 cm³/mol. The first-order chi connectivity index (χ1) is 10.5. The third-order valence-corrected chi connectivity index (χ3v) is 4.46. The van der Waals surface area contributed by atoms with Gasteiger partial charge in [0.15, 0.2) is 17.4 Å². The molecule has 1 aromatic heterocycles. The molecule has 0 aromatic carbocycles. The van der Waals surface area contributed by atoms with Crippen LogP contribution in [0.5, 0.6) is 5.88 Å². The van der Waals surface area contributed by atoms with Gasteiger partial charge in [0, 0.05) is 19.2 Å². The van der Waals surface area contributed by atoms with Crippen LogP contribution in [0.3, 0.4) is 0 Å². The third-order valence-electron chi connectivity index (χ3n) is 3.90. The van der Waals surface area contributed by atoms with E-state index in [-0.39, 0.29) is 18.2 Å². The Kier molecular flexibility index (Phi) is 4.24. The van der Waals surface area contributed by atoms with E-state index < -0.39 is 11.7 Å². The summed E-state index contributed by atoms with van der Waals surface area (Å²) in [6.45, 7) is 3.93. The van der Waals surface area contributed by atoms with Crippen LogP contribution in [-0.2, 0) is 19.0 Å². The Morgan fingerprint density at radius 3 is 3.05 bits per heavy atom. The molecule has 8 heteroatoms. The zero-order valence-corrected chi connectivity index (χ0v) is 13.5. The van der Waals surface area contributed by atoms with Crippen LogP contribution >= 0.6 is 11.8 Å². The van der Waals surface area contributed by atoms with Gasteiger partial charge in [0.2, 0.25) is 5.88 Å². The van der Waals surface area contributed by atoms with Gasteiger partial charge in [-0.2, -0.15) is 4.98 Å². The summed E-state index contributed by atoms with van der Waals surface area (Å²) in [5.41, 5.74) is -0.689. The molecule has 2 fully saturated rings. The summed E-state index contributed by atoms with van der Waals surface area (Å²) >= 11 is 1.44. The first-order valence-electron chi connectivity index (χ1n) is 6.99. The Morgan fingerprint density at radius 2 is 2.32 bits per heavy atom. The molecule has 0 radical (unpaired) electrons. The molecule has 0 N–H and O–H groups in total. The van der Waals surface area contributed by atoms with Crippen molar-refractivity contribution in [1.29, 1.82) is 0 Å². The van der Waals surface area contributed by atoms with Gasteiger partial charge < -0.3 is 18.9 Å². The predicted octanol–water partition coefficient (Wildman–Crippen LogP) is 1.07. The second-order valence-electron chi connectivity index (χ2n) is 5.38. The van der Waals surface area contributed by atoms with Crippen LogP contribution in [0.2, 0.25) is 0 Å². The number of thioether (sulfide) groups is 1. The molecule has 0 unspecified atom stereocenters. The number of carbonyl (C=O) groups is 1. The number of rotatable bonds is 4. The van der Waals surface area contributed by atoms with Crippen molar-refractivity contribution in [2.75, 3.05) is 19.5 Å². The van der Waals surface area contributed by atoms with E-state index >= 15 is 0 Å². The minimum absolute atomic E-state index is 0.296. The minimum atomic E-state index is -0.689. The smallest absolute Gasteiger partial charge is 0.303 e. The van der Waals surface area contributed by atoms with Crippen molar-refractivity contribution >= 4 is 17.7 Å². The second kappa shape index (κ2) is 6.02. The lowest BCUT2D eigenvalue weighted by molar-refractivity contribution is -0.157. The highest BCUT2D eigenvalue weighted by atomic mass is 32.2. The van der Waals surface area contributed by atoms with Crippen LogP contribution in [0.15, 0.2) is 17.4 Å². The zero-order valence-electron chi connectivity index (χ0n) is 12.6. The van der Waals surface area contributed by atoms with Crippen LogP contribution in [0.4, 0.5) is 0 Å². The largest absolute Gasteiger partial charge is 0.469 e. The number of nitrogens with zero attached hydrogens (tertiary/aromatic N) is 2. The maximum atomic E-state index is 11.2. The van der Waals surface area contributed by atoms with Gasteiger partial charge in [-0.15, -0.1) is 0 Å². The molecule has 120 valence electrons. The Hall–Kier alpha value is -1.38. The highest BCUT2D eigenvalue weighted by Gasteiger charge is 2.59. The summed E-state index contributed by atoms with van der Waals surface area (Å²) in [4.78, 5) is 19.6. The quantitative estimate of drug-likeness (QED) is 0.462. The average molecular weight is 326 g/mol. The highest BCUT2D eigenvalue weighted by Crippen LogP contribution is 2.40. The molecule has 3 heterocycles. The van der Waals surface area contributed by atoms with Gasteiger partial charge >= 0.3 is 5.97 Å². The van der Waals surface area contributed by atoms with Gasteiger partial charge in [0.05, 0.1) is 13.2 Å². The summed E-state index contributed by atoms with van der Waals surface area (Å²) in [6, 6.07) is 1.70. The monoisotopic (exact) mass is 326 g/mol. The van der Waals surface area contributed by atoms with Crippen molar-refractivity contribution in [2.45, 2.75) is 42.9 Å². The van der Waals surface area contributed by atoms with E-state index in [0.717, 1.165) is 0 Å². The molecule has 0 aliphatic carbocycles. The molecule has 1 aromatic rings. The number of hydrogen-bond donors (Lipinski definition) is 0. The van der Waals surface area contributed by atoms with Crippen LogP contribution in [-0.4, -0.2) is 59.3 Å². The molecule has 2 aliphatic rings. The van der Waals surface area contributed by atoms with Crippen molar-refractivity contribution in [3.63, 3.8) is 0 Å². The van der Waals surface area contributed by atoms with Gasteiger partial charge in [-0.05, 0) is 13.2 Å². The Balaban J connectivity index is 1.71. The van der Waals surface area contributed by atoms with Crippen LogP contribution in [0, 0.1) is 0 Å². The fourth-order valence-corrected chi connectivity index (χ4v) is 3.14. The van der Waals surface area contributed by atoms with Gasteiger partial charge in [0.1, 0.15) is 11.7 Å². The number of aromatic nitrogens is 2. The standard InChI is InChI=1S/C14H18N2O5S/c1-8(17)20-10-7-18-12-9(6-19-14(10,12)2)21-11-4-5-15-13(16-11)22-3/h4-5,9-10,12H,6-7H2,1-3H3/t9-,10-,12+,14+/m0/s1. The zero-order chi connectivity index (χ0) is 15.7. The van der Waals surface area contributed by atoms with Crippen LogP contribution in [0.25, 0.3) is 0 Å². The van der Waals surface area contributed by atoms with Crippen LogP contribution in [0.1, 0.15) is 13.8 Å². The number of esters is 1. The van der Waals surface area contributed by atoms with Crippen molar-refractivity contribution < 1.29 is 23.7 Å². The van der Waals surface area contributed by atoms with E-state index in [0.29, 0.717) is 24.3 Å². The summed E-state index contributed by atoms with van der Waals surface area (Å²) in [5, 5.41) is 0.643. The Bertz CT molecular complexity index is 572. The summed E-state index contributed by atoms with van der Waals surface area (Å²) in [6.07, 6.45) is 2.54. The Labute approximate surface area is 132 Å². The van der Waals surface area contributed by atoms with Crippen LogP contribution < -0.4 is 4.74 Å². The third kappa shape index (κ3) is 2.78. The lowest BCUT2D eigenvalue weighted by Gasteiger charge is -2.27. The molecule has 0 saturated carbocycles. The van der Waals surface area contributed by atoms with Gasteiger partial charge in [-0.3, -0.25) is 4.79 Å². The molecular formula is C14H18N2O5S. The fraction of sp³-hybridized carbons (Fsp3) is 0.643. The molecular weight excluding hydrogens is 308 g/mol.